The van der Waals surface area contributed by atoms with E-state index in [1.54, 1.807) is 12.1 Å². The van der Waals surface area contributed by atoms with Gasteiger partial charge in [0, 0.05) is 0 Å². The smallest absolute Gasteiger partial charge is 0.862 e. The van der Waals surface area contributed by atoms with Gasteiger partial charge >= 0.3 is 46.7 Å². The molecule has 0 unspecified atom stereocenters. The minimum Gasteiger partial charge on any atom is -0.862 e. The SMILES string of the molecule is CC(C)c1cc(C(C)C)c(O)c(C([O-])[O-])c1.CC(C)c1cc(C(C)C)c(O)c(C([O-])[O-])c1.CC(C)c1cc(C(C)C)c(O)c(C([OH2+])[OH2+])c1.CC(C)c1cc(C(C)C)c(O)c(C([OH2+])[OH2+])c1.[Cu+2].[Cu+2].[OH3+].[OH3+]. The van der Waals surface area contributed by atoms with E-state index in [1.165, 1.54) is 12.1 Å². The van der Waals surface area contributed by atoms with Crippen molar-refractivity contribution in [3.8, 4) is 23.0 Å². The average molecular weight is 1060 g/mol. The molecule has 4 rings (SSSR count). The van der Waals surface area contributed by atoms with E-state index in [9.17, 15) is 40.9 Å². The minimum absolute atomic E-state index is 0. The summed E-state index contributed by atoms with van der Waals surface area (Å²) in [6.07, 6.45) is -6.51. The van der Waals surface area contributed by atoms with E-state index in [1.807, 2.05) is 107 Å². The molecule has 14 nitrogen and oxygen atoms in total. The van der Waals surface area contributed by atoms with E-state index in [0.717, 1.165) is 33.4 Å². The zero-order chi connectivity index (χ0) is 49.8. The molecule has 2 radical (unpaired) electrons. The van der Waals surface area contributed by atoms with Gasteiger partial charge in [-0.25, -0.2) is 0 Å². The zero-order valence-electron chi connectivity index (χ0n) is 42.7. The molecule has 4 aromatic rings. The van der Waals surface area contributed by atoms with E-state index in [2.05, 4.69) is 27.7 Å². The quantitative estimate of drug-likeness (QED) is 0.0844. The molecule has 0 aromatic heterocycles. The minimum atomic E-state index is -2.13. The van der Waals surface area contributed by atoms with Crippen molar-refractivity contribution in [2.24, 2.45) is 0 Å². The third-order valence-corrected chi connectivity index (χ3v) is 11.0. The monoisotopic (exact) mass is 1060 g/mol. The van der Waals surface area contributed by atoms with Crippen molar-refractivity contribution in [2.45, 2.75) is 183 Å². The van der Waals surface area contributed by atoms with Crippen LogP contribution in [0.3, 0.4) is 0 Å². The molecule has 0 aliphatic rings. The predicted molar refractivity (Wildman–Crippen MR) is 260 cm³/mol. The van der Waals surface area contributed by atoms with E-state index in [-0.39, 0.29) is 115 Å². The van der Waals surface area contributed by atoms with Crippen molar-refractivity contribution in [1.82, 2.24) is 0 Å². The first-order chi connectivity index (χ1) is 29.4. The maximum absolute atomic E-state index is 11.0. The molecule has 0 aliphatic heterocycles. The van der Waals surface area contributed by atoms with E-state index >= 15 is 0 Å². The number of rotatable bonds is 12. The first-order valence-electron chi connectivity index (χ1n) is 22.3. The van der Waals surface area contributed by atoms with Gasteiger partial charge in [0.25, 0.3) is 0 Å². The zero-order valence-corrected chi connectivity index (χ0v) is 44.6. The van der Waals surface area contributed by atoms with E-state index in [4.69, 9.17) is 20.4 Å². The van der Waals surface area contributed by atoms with Gasteiger partial charge in [0.2, 0.25) is 0 Å². The molecule has 68 heavy (non-hydrogen) atoms. The fourth-order valence-electron chi connectivity index (χ4n) is 6.71. The van der Waals surface area contributed by atoms with Crippen LogP contribution in [-0.2, 0) is 45.1 Å². The van der Waals surface area contributed by atoms with Crippen LogP contribution >= 0.6 is 0 Å². The molecule has 18 N–H and O–H groups in total. The molecule has 0 amide bonds. The topological polar surface area (TPSA) is 331 Å². The van der Waals surface area contributed by atoms with E-state index < -0.39 is 25.2 Å². The fourth-order valence-corrected chi connectivity index (χ4v) is 6.71. The van der Waals surface area contributed by atoms with E-state index in [0.29, 0.717) is 34.1 Å². The maximum Gasteiger partial charge on any atom is 2.00 e. The van der Waals surface area contributed by atoms with Crippen molar-refractivity contribution >= 4 is 0 Å². The molecule has 0 aliphatic carbocycles. The number of hydrogen-bond acceptors (Lipinski definition) is 8. The van der Waals surface area contributed by atoms with Crippen LogP contribution in [0.2, 0.25) is 0 Å². The van der Waals surface area contributed by atoms with Gasteiger partial charge in [-0.1, -0.05) is 147 Å². The predicted octanol–water partition coefficient (Wildman–Crippen LogP) is 5.04. The second-order valence-corrected chi connectivity index (χ2v) is 19.0. The molecular weight excluding hydrogens is 976 g/mol. The standard InChI is InChI=1S/2C13H20O3.2C13H18O3.2Cu.2H2O/c4*1-7(2)9-5-10(8(3)4)12(14)11(6-9)13(15)16;;;;/h2*5-8,13-16H,1-4H3;2*5-8,13-14H,1-4H3;;;2*1H2/q;;2*-2;2*+2;;/p+6. The Morgan fingerprint density at radius 3 is 0.574 bits per heavy atom. The van der Waals surface area contributed by atoms with Crippen molar-refractivity contribution in [1.29, 1.82) is 0 Å². The van der Waals surface area contributed by atoms with Crippen LogP contribution in [0.4, 0.5) is 0 Å². The summed E-state index contributed by atoms with van der Waals surface area (Å²) in [6.45, 7) is 32.0. The van der Waals surface area contributed by atoms with Crippen molar-refractivity contribution < 1.29 is 106 Å². The molecule has 4 aromatic carbocycles. The summed E-state index contributed by atoms with van der Waals surface area (Å²) < 4.78 is 0. The van der Waals surface area contributed by atoms with Gasteiger partial charge in [0.1, 0.15) is 23.0 Å². The number of hydrogen-bond donors (Lipinski definition) is 4. The third kappa shape index (κ3) is 20.2. The Bertz CT molecular complexity index is 1670. The number of phenols is 4. The first kappa shape index (κ1) is 71.3. The summed E-state index contributed by atoms with van der Waals surface area (Å²) in [5.41, 5.74) is 7.81. The average Bonchev–Trinajstić information content (AvgIpc) is 3.17. The largest absolute Gasteiger partial charge is 2.00 e. The third-order valence-electron chi connectivity index (χ3n) is 11.0. The van der Waals surface area contributed by atoms with Crippen LogP contribution in [0.25, 0.3) is 0 Å². The van der Waals surface area contributed by atoms with Crippen LogP contribution in [0.1, 0.15) is 250 Å². The summed E-state index contributed by atoms with van der Waals surface area (Å²) in [6, 6.07) is 14.3. The molecule has 0 fully saturated rings. The Morgan fingerprint density at radius 1 is 0.294 bits per heavy atom. The number of benzene rings is 4. The van der Waals surface area contributed by atoms with Crippen LogP contribution in [0.5, 0.6) is 23.0 Å². The summed E-state index contributed by atoms with van der Waals surface area (Å²) in [5.74, 6) is 1.73. The van der Waals surface area contributed by atoms with Gasteiger partial charge in [-0.2, -0.15) is 12.6 Å². The molecule has 0 saturated carbocycles. The van der Waals surface area contributed by atoms with Crippen LogP contribution in [0, 0.1) is 0 Å². The summed E-state index contributed by atoms with van der Waals surface area (Å²) in [7, 11) is 0. The van der Waals surface area contributed by atoms with Crippen molar-refractivity contribution in [3.05, 3.63) is 115 Å². The fraction of sp³-hybridized carbons (Fsp3) is 0.538. The summed E-state index contributed by atoms with van der Waals surface area (Å²) >= 11 is 0. The van der Waals surface area contributed by atoms with Crippen LogP contribution in [0.15, 0.2) is 48.5 Å². The Balaban J connectivity index is -0.000000394. The summed E-state index contributed by atoms with van der Waals surface area (Å²) in [4.78, 5) is 0. The number of phenolic OH excluding ortho intramolecular Hbond substituents is 4. The van der Waals surface area contributed by atoms with Gasteiger partial charge in [-0.3, -0.25) is 0 Å². The van der Waals surface area contributed by atoms with Crippen LogP contribution < -0.4 is 20.4 Å². The normalized spacial score (nSPS) is 11.1. The molecule has 0 bridgehead atoms. The maximum atomic E-state index is 11.0. The summed E-state index contributed by atoms with van der Waals surface area (Å²) in [5, 5.41) is 113. The van der Waals surface area contributed by atoms with Gasteiger partial charge in [-0.15, -0.1) is 0 Å². The van der Waals surface area contributed by atoms with Gasteiger partial charge in [0.15, 0.2) is 11.1 Å². The Hall–Kier alpha value is -3.28. The van der Waals surface area contributed by atoms with Crippen LogP contribution in [-0.4, -0.2) is 40.9 Å². The molecule has 0 spiro atoms. The molecule has 0 atom stereocenters. The van der Waals surface area contributed by atoms with Gasteiger partial charge in [-0.05, 0) is 115 Å². The second-order valence-electron chi connectivity index (χ2n) is 19.0. The molecule has 0 heterocycles. The number of aromatic hydroxyl groups is 4. The molecule has 394 valence electrons. The van der Waals surface area contributed by atoms with Gasteiger partial charge < -0.3 is 72.2 Å². The Kier molecular flexibility index (Phi) is 33.4. The Morgan fingerprint density at radius 2 is 0.441 bits per heavy atom. The molecule has 16 heteroatoms. The van der Waals surface area contributed by atoms with Crippen molar-refractivity contribution in [2.75, 3.05) is 0 Å². The molecular formula is C52H86Cu2O14+6. The second kappa shape index (κ2) is 31.8. The first-order valence-corrected chi connectivity index (χ1v) is 22.3. The van der Waals surface area contributed by atoms with Gasteiger partial charge in [0.05, 0.1) is 0 Å². The van der Waals surface area contributed by atoms with Crippen molar-refractivity contribution in [3.63, 3.8) is 0 Å². The molecule has 0 saturated heterocycles. The Labute approximate surface area is 426 Å².